The highest BCUT2D eigenvalue weighted by atomic mass is 16.5. The van der Waals surface area contributed by atoms with E-state index in [0.717, 1.165) is 27.8 Å². The molecule has 1 saturated heterocycles. The third-order valence-corrected chi connectivity index (χ3v) is 5.72. The maximum Gasteiger partial charge on any atom is 0.255 e. The minimum atomic E-state index is -0.617. The molecule has 31 heavy (non-hydrogen) atoms. The van der Waals surface area contributed by atoms with Crippen LogP contribution in [0.3, 0.4) is 0 Å². The van der Waals surface area contributed by atoms with E-state index in [0.29, 0.717) is 24.3 Å². The highest BCUT2D eigenvalue weighted by Gasteiger charge is 2.39. The zero-order valence-electron chi connectivity index (χ0n) is 16.8. The zero-order chi connectivity index (χ0) is 21.5. The maximum atomic E-state index is 12.8. The maximum absolute atomic E-state index is 12.8. The number of benzene rings is 2. The minimum Gasteiger partial charge on any atom is -0.497 e. The molecule has 3 heterocycles. The first-order valence-electron chi connectivity index (χ1n) is 10.0. The molecule has 1 aromatic heterocycles. The van der Waals surface area contributed by atoms with Crippen LogP contribution >= 0.6 is 0 Å². The topological polar surface area (TPSA) is 101 Å². The van der Waals surface area contributed by atoms with Crippen molar-refractivity contribution in [3.8, 4) is 5.75 Å². The van der Waals surface area contributed by atoms with Gasteiger partial charge in [0, 0.05) is 35.8 Å². The highest BCUT2D eigenvalue weighted by molar-refractivity contribution is 6.05. The minimum absolute atomic E-state index is 0.186. The molecule has 0 spiro atoms. The fourth-order valence-electron chi connectivity index (χ4n) is 4.12. The van der Waals surface area contributed by atoms with Crippen LogP contribution in [0, 0.1) is 0 Å². The first-order valence-corrected chi connectivity index (χ1v) is 10.0. The van der Waals surface area contributed by atoms with E-state index in [2.05, 4.69) is 15.6 Å². The van der Waals surface area contributed by atoms with Crippen LogP contribution in [-0.2, 0) is 16.1 Å². The number of hydrogen-bond donors (Lipinski definition) is 2. The van der Waals surface area contributed by atoms with Gasteiger partial charge in [0.05, 0.1) is 7.11 Å². The Morgan fingerprint density at radius 3 is 2.77 bits per heavy atom. The van der Waals surface area contributed by atoms with E-state index in [-0.39, 0.29) is 18.2 Å². The van der Waals surface area contributed by atoms with Crippen molar-refractivity contribution in [2.45, 2.75) is 25.4 Å². The van der Waals surface area contributed by atoms with E-state index in [1.807, 2.05) is 36.4 Å². The summed E-state index contributed by atoms with van der Waals surface area (Å²) in [5, 5.41) is 7.60. The quantitative estimate of drug-likeness (QED) is 0.635. The number of rotatable bonds is 4. The Balaban J connectivity index is 1.36. The summed E-state index contributed by atoms with van der Waals surface area (Å²) >= 11 is 0. The molecule has 5 rings (SSSR count). The van der Waals surface area contributed by atoms with Gasteiger partial charge in [-0.05, 0) is 53.8 Å². The highest BCUT2D eigenvalue weighted by Crippen LogP contribution is 2.31. The van der Waals surface area contributed by atoms with E-state index in [9.17, 15) is 14.4 Å². The lowest BCUT2D eigenvalue weighted by Crippen LogP contribution is -2.52. The van der Waals surface area contributed by atoms with Crippen molar-refractivity contribution in [3.05, 3.63) is 59.8 Å². The average molecular weight is 416 g/mol. The summed E-state index contributed by atoms with van der Waals surface area (Å²) < 4.78 is 5.25. The number of anilines is 2. The molecule has 3 amide bonds. The number of amides is 3. The number of aromatic nitrogens is 1. The van der Waals surface area contributed by atoms with Crippen LogP contribution in [-0.4, -0.2) is 40.8 Å². The van der Waals surface area contributed by atoms with Crippen molar-refractivity contribution < 1.29 is 19.1 Å². The molecule has 2 aliphatic heterocycles. The second-order valence-corrected chi connectivity index (χ2v) is 7.68. The van der Waals surface area contributed by atoms with Crippen LogP contribution in [0.1, 0.15) is 28.8 Å². The lowest BCUT2D eigenvalue weighted by atomic mass is 10.0. The number of carbonyl (C=O) groups excluding carboxylic acids is 3. The van der Waals surface area contributed by atoms with Crippen LogP contribution < -0.4 is 15.4 Å². The molecular weight excluding hydrogens is 396 g/mol. The smallest absolute Gasteiger partial charge is 0.255 e. The van der Waals surface area contributed by atoms with Crippen molar-refractivity contribution in [1.82, 2.24) is 15.2 Å². The summed E-state index contributed by atoms with van der Waals surface area (Å²) in [7, 11) is 1.63. The van der Waals surface area contributed by atoms with Crippen molar-refractivity contribution in [2.75, 3.05) is 12.4 Å². The average Bonchev–Trinajstić information content (AvgIpc) is 3.09. The normalized spacial score (nSPS) is 18.2. The SMILES string of the molecule is COc1ccc2cc(Nc3ccc4c(c3)CN(C3CCC(=O)NC3=O)C4=O)ncc2c1. The van der Waals surface area contributed by atoms with Gasteiger partial charge in [-0.25, -0.2) is 4.98 Å². The Bertz CT molecular complexity index is 1240. The van der Waals surface area contributed by atoms with Gasteiger partial charge < -0.3 is 15.0 Å². The van der Waals surface area contributed by atoms with E-state index in [1.165, 1.54) is 4.90 Å². The number of nitrogens with zero attached hydrogens (tertiary/aromatic N) is 2. The van der Waals surface area contributed by atoms with Gasteiger partial charge >= 0.3 is 0 Å². The molecule has 0 saturated carbocycles. The van der Waals surface area contributed by atoms with Crippen LogP contribution in [0.4, 0.5) is 11.5 Å². The van der Waals surface area contributed by atoms with Gasteiger partial charge in [-0.1, -0.05) is 6.07 Å². The second kappa shape index (κ2) is 7.39. The van der Waals surface area contributed by atoms with E-state index in [1.54, 1.807) is 19.4 Å². The molecule has 3 aromatic rings. The van der Waals surface area contributed by atoms with Crippen LogP contribution in [0.5, 0.6) is 5.75 Å². The number of ether oxygens (including phenoxy) is 1. The summed E-state index contributed by atoms with van der Waals surface area (Å²) in [6.45, 7) is 0.334. The number of hydrogen-bond acceptors (Lipinski definition) is 6. The van der Waals surface area contributed by atoms with Gasteiger partial charge in [-0.2, -0.15) is 0 Å². The summed E-state index contributed by atoms with van der Waals surface area (Å²) in [5.74, 6) is 0.572. The second-order valence-electron chi connectivity index (χ2n) is 7.68. The standard InChI is InChI=1S/C23H20N4O4/c1-31-17-4-2-13-10-20(24-11-14(13)9-17)25-16-3-5-18-15(8-16)12-27(23(18)30)19-6-7-21(28)26-22(19)29/h2-5,8-11,19H,6-7,12H2,1H3,(H,24,25)(H,26,28,29). The molecule has 2 aliphatic rings. The van der Waals surface area contributed by atoms with Crippen LogP contribution in [0.25, 0.3) is 10.8 Å². The van der Waals surface area contributed by atoms with Crippen LogP contribution in [0.15, 0.2) is 48.7 Å². The Hall–Kier alpha value is -3.94. The summed E-state index contributed by atoms with van der Waals surface area (Å²) in [5.41, 5.74) is 2.22. The summed E-state index contributed by atoms with van der Waals surface area (Å²) in [6.07, 6.45) is 2.37. The molecule has 8 heteroatoms. The molecule has 1 fully saturated rings. The lowest BCUT2D eigenvalue weighted by Gasteiger charge is -2.29. The Morgan fingerprint density at radius 1 is 1.10 bits per heavy atom. The number of pyridine rings is 1. The first kappa shape index (κ1) is 19.0. The van der Waals surface area contributed by atoms with Crippen molar-refractivity contribution in [2.24, 2.45) is 0 Å². The zero-order valence-corrected chi connectivity index (χ0v) is 16.8. The number of nitrogens with one attached hydrogen (secondary N) is 2. The van der Waals surface area contributed by atoms with E-state index in [4.69, 9.17) is 4.74 Å². The van der Waals surface area contributed by atoms with E-state index >= 15 is 0 Å². The van der Waals surface area contributed by atoms with Gasteiger partial charge in [0.15, 0.2) is 0 Å². The number of methoxy groups -OCH3 is 1. The third kappa shape index (κ3) is 3.46. The molecule has 1 atom stereocenters. The van der Waals surface area contributed by atoms with Crippen LogP contribution in [0.2, 0.25) is 0 Å². The van der Waals surface area contributed by atoms with Gasteiger partial charge in [0.2, 0.25) is 11.8 Å². The number of imide groups is 1. The molecule has 2 aromatic carbocycles. The largest absolute Gasteiger partial charge is 0.497 e. The van der Waals surface area contributed by atoms with Gasteiger partial charge in [-0.15, -0.1) is 0 Å². The molecule has 1 unspecified atom stereocenters. The van der Waals surface area contributed by atoms with Crippen molar-refractivity contribution in [3.63, 3.8) is 0 Å². The van der Waals surface area contributed by atoms with Gasteiger partial charge in [-0.3, -0.25) is 19.7 Å². The molecule has 8 nitrogen and oxygen atoms in total. The summed E-state index contributed by atoms with van der Waals surface area (Å²) in [4.78, 5) is 42.4. The van der Waals surface area contributed by atoms with E-state index < -0.39 is 11.9 Å². The monoisotopic (exact) mass is 416 g/mol. The molecule has 0 aliphatic carbocycles. The third-order valence-electron chi connectivity index (χ3n) is 5.72. The molecule has 2 N–H and O–H groups in total. The number of fused-ring (bicyclic) bond motifs is 2. The lowest BCUT2D eigenvalue weighted by molar-refractivity contribution is -0.136. The molecule has 156 valence electrons. The Labute approximate surface area is 178 Å². The van der Waals surface area contributed by atoms with Gasteiger partial charge in [0.25, 0.3) is 5.91 Å². The molecular formula is C23H20N4O4. The summed E-state index contributed by atoms with van der Waals surface area (Å²) in [6, 6.07) is 12.6. The van der Waals surface area contributed by atoms with Gasteiger partial charge in [0.1, 0.15) is 17.6 Å². The Kier molecular flexibility index (Phi) is 4.54. The fraction of sp³-hybridized carbons (Fsp3) is 0.217. The predicted molar refractivity (Wildman–Crippen MR) is 114 cm³/mol. The number of carbonyl (C=O) groups is 3. The number of piperidine rings is 1. The first-order chi connectivity index (χ1) is 15.0. The fourth-order valence-corrected chi connectivity index (χ4v) is 4.12. The predicted octanol–water partition coefficient (Wildman–Crippen LogP) is 2.75. The van der Waals surface area contributed by atoms with Crippen molar-refractivity contribution >= 4 is 40.0 Å². The molecule has 0 radical (unpaired) electrons. The Morgan fingerprint density at radius 2 is 1.97 bits per heavy atom. The van der Waals surface area contributed by atoms with Crippen molar-refractivity contribution in [1.29, 1.82) is 0 Å². The molecule has 0 bridgehead atoms.